The highest BCUT2D eigenvalue weighted by atomic mass is 16.3. The summed E-state index contributed by atoms with van der Waals surface area (Å²) in [5.74, 6) is 0. The van der Waals surface area contributed by atoms with E-state index in [4.69, 9.17) is 0 Å². The third-order valence-corrected chi connectivity index (χ3v) is 4.01. The minimum atomic E-state index is -0.247. The van der Waals surface area contributed by atoms with Gasteiger partial charge in [0.05, 0.1) is 6.10 Å². The minimum Gasteiger partial charge on any atom is -0.392 e. The smallest absolute Gasteiger partial charge is 0.0669 e. The molecule has 1 unspecified atom stereocenters. The number of aliphatic hydroxyl groups excluding tert-OH is 1. The van der Waals surface area contributed by atoms with E-state index >= 15 is 0 Å². The Bertz CT molecular complexity index is 408. The molecule has 0 aromatic carbocycles. The molecule has 1 fully saturated rings. The number of pyridine rings is 1. The molecule has 1 aromatic rings. The molecule has 0 bridgehead atoms. The maximum Gasteiger partial charge on any atom is 0.0669 e. The van der Waals surface area contributed by atoms with Crippen LogP contribution in [-0.4, -0.2) is 41.9 Å². The van der Waals surface area contributed by atoms with Crippen LogP contribution >= 0.6 is 0 Å². The monoisotopic (exact) mass is 291 g/mol. The number of piperidine rings is 1. The fourth-order valence-electron chi connectivity index (χ4n) is 2.98. The highest BCUT2D eigenvalue weighted by Gasteiger charge is 2.21. The summed E-state index contributed by atoms with van der Waals surface area (Å²) in [4.78, 5) is 6.47. The van der Waals surface area contributed by atoms with Crippen LogP contribution in [-0.2, 0) is 0 Å². The minimum absolute atomic E-state index is 0.186. The van der Waals surface area contributed by atoms with Crippen molar-refractivity contribution < 1.29 is 5.11 Å². The molecule has 0 aliphatic carbocycles. The molecule has 1 atom stereocenters. The molecule has 0 amide bonds. The number of nitrogens with one attached hydrogen (secondary N) is 1. The van der Waals surface area contributed by atoms with E-state index in [1.54, 1.807) is 0 Å². The molecule has 0 radical (unpaired) electrons. The summed E-state index contributed by atoms with van der Waals surface area (Å²) in [6, 6.07) is 4.67. The molecule has 1 saturated heterocycles. The molecule has 2 rings (SSSR count). The Hall–Kier alpha value is -1.13. The van der Waals surface area contributed by atoms with E-state index in [9.17, 15) is 5.11 Å². The van der Waals surface area contributed by atoms with Gasteiger partial charge in [-0.1, -0.05) is 20.8 Å². The summed E-state index contributed by atoms with van der Waals surface area (Å²) in [6.07, 6.45) is 6.55. The van der Waals surface area contributed by atoms with E-state index in [1.807, 2.05) is 12.4 Å². The van der Waals surface area contributed by atoms with Crippen molar-refractivity contribution >= 4 is 5.69 Å². The van der Waals surface area contributed by atoms with E-state index in [0.29, 0.717) is 12.6 Å². The van der Waals surface area contributed by atoms with Gasteiger partial charge in [0.15, 0.2) is 0 Å². The van der Waals surface area contributed by atoms with Crippen molar-refractivity contribution in [3.8, 4) is 0 Å². The Kier molecular flexibility index (Phi) is 5.59. The summed E-state index contributed by atoms with van der Waals surface area (Å²) in [5, 5.41) is 13.6. The Morgan fingerprint density at radius 3 is 2.48 bits per heavy atom. The number of aromatic nitrogens is 1. The van der Waals surface area contributed by atoms with Crippen molar-refractivity contribution in [2.24, 2.45) is 5.41 Å². The first-order chi connectivity index (χ1) is 9.94. The molecule has 21 heavy (non-hydrogen) atoms. The van der Waals surface area contributed by atoms with Crippen molar-refractivity contribution in [2.75, 3.05) is 24.5 Å². The Balaban J connectivity index is 1.70. The summed E-state index contributed by atoms with van der Waals surface area (Å²) < 4.78 is 0. The van der Waals surface area contributed by atoms with Gasteiger partial charge >= 0.3 is 0 Å². The first kappa shape index (κ1) is 16.2. The molecule has 4 heteroatoms. The van der Waals surface area contributed by atoms with Gasteiger partial charge in [0, 0.05) is 43.8 Å². The molecule has 0 saturated carbocycles. The average Bonchev–Trinajstić information content (AvgIpc) is 2.45. The standard InChI is InChI=1S/C17H29N3O/c1-17(2,3)12-16(21)13-19-14-6-10-20(11-7-14)15-4-8-18-9-5-15/h4-5,8-9,14,16,19,21H,6-7,10-13H2,1-3H3. The highest BCUT2D eigenvalue weighted by Crippen LogP contribution is 2.21. The number of nitrogens with zero attached hydrogens (tertiary/aromatic N) is 2. The second kappa shape index (κ2) is 7.23. The third-order valence-electron chi connectivity index (χ3n) is 4.01. The lowest BCUT2D eigenvalue weighted by atomic mass is 9.89. The number of hydrogen-bond donors (Lipinski definition) is 2. The largest absolute Gasteiger partial charge is 0.392 e. The second-order valence-electron chi connectivity index (χ2n) is 7.29. The van der Waals surface area contributed by atoms with Crippen molar-refractivity contribution in [2.45, 2.75) is 52.2 Å². The molecule has 118 valence electrons. The van der Waals surface area contributed by atoms with Crippen molar-refractivity contribution in [3.63, 3.8) is 0 Å². The zero-order valence-electron chi connectivity index (χ0n) is 13.5. The SMILES string of the molecule is CC(C)(C)CC(O)CNC1CCN(c2ccncc2)CC1. The lowest BCUT2D eigenvalue weighted by Gasteiger charge is -2.34. The summed E-state index contributed by atoms with van der Waals surface area (Å²) in [5.41, 5.74) is 1.45. The van der Waals surface area contributed by atoms with Gasteiger partial charge in [-0.3, -0.25) is 4.98 Å². The molecule has 1 aliphatic rings. The van der Waals surface area contributed by atoms with Crippen LogP contribution in [0, 0.1) is 5.41 Å². The molecule has 4 nitrogen and oxygen atoms in total. The molecule has 2 N–H and O–H groups in total. The third kappa shape index (κ3) is 5.64. The van der Waals surface area contributed by atoms with Gasteiger partial charge in [-0.2, -0.15) is 0 Å². The zero-order chi connectivity index (χ0) is 15.3. The van der Waals surface area contributed by atoms with E-state index in [-0.39, 0.29) is 11.5 Å². The number of rotatable bonds is 5. The van der Waals surface area contributed by atoms with Crippen LogP contribution in [0.3, 0.4) is 0 Å². The topological polar surface area (TPSA) is 48.4 Å². The number of hydrogen-bond acceptors (Lipinski definition) is 4. The number of anilines is 1. The van der Waals surface area contributed by atoms with Gasteiger partial charge in [0.25, 0.3) is 0 Å². The maximum absolute atomic E-state index is 10.1. The first-order valence-corrected chi connectivity index (χ1v) is 8.00. The lowest BCUT2D eigenvalue weighted by molar-refractivity contribution is 0.115. The van der Waals surface area contributed by atoms with E-state index in [1.165, 1.54) is 5.69 Å². The predicted octanol–water partition coefficient (Wildman–Crippen LogP) is 2.44. The van der Waals surface area contributed by atoms with Crippen molar-refractivity contribution in [3.05, 3.63) is 24.5 Å². The van der Waals surface area contributed by atoms with Gasteiger partial charge in [-0.05, 0) is 36.8 Å². The lowest BCUT2D eigenvalue weighted by Crippen LogP contribution is -2.45. The Morgan fingerprint density at radius 1 is 1.29 bits per heavy atom. The zero-order valence-corrected chi connectivity index (χ0v) is 13.5. The molecular formula is C17H29N3O. The van der Waals surface area contributed by atoms with Crippen LogP contribution in [0.2, 0.25) is 0 Å². The van der Waals surface area contributed by atoms with Gasteiger partial charge in [-0.25, -0.2) is 0 Å². The maximum atomic E-state index is 10.1. The normalized spacial score (nSPS) is 18.8. The average molecular weight is 291 g/mol. The van der Waals surface area contributed by atoms with E-state index in [2.05, 4.69) is 48.1 Å². The summed E-state index contributed by atoms with van der Waals surface area (Å²) in [6.45, 7) is 9.35. The van der Waals surface area contributed by atoms with Crippen molar-refractivity contribution in [1.29, 1.82) is 0 Å². The molecule has 1 aliphatic heterocycles. The van der Waals surface area contributed by atoms with Crippen LogP contribution in [0.5, 0.6) is 0 Å². The van der Waals surface area contributed by atoms with Crippen molar-refractivity contribution in [1.82, 2.24) is 10.3 Å². The molecular weight excluding hydrogens is 262 g/mol. The molecule has 1 aromatic heterocycles. The Labute approximate surface area is 128 Å². The molecule has 0 spiro atoms. The van der Waals surface area contributed by atoms with Gasteiger partial charge in [0.2, 0.25) is 0 Å². The Morgan fingerprint density at radius 2 is 1.90 bits per heavy atom. The second-order valence-corrected chi connectivity index (χ2v) is 7.29. The molecule has 2 heterocycles. The summed E-state index contributed by atoms with van der Waals surface area (Å²) >= 11 is 0. The van der Waals surface area contributed by atoms with Crippen LogP contribution in [0.25, 0.3) is 0 Å². The van der Waals surface area contributed by atoms with Gasteiger partial charge in [0.1, 0.15) is 0 Å². The van der Waals surface area contributed by atoms with Gasteiger partial charge in [-0.15, -0.1) is 0 Å². The van der Waals surface area contributed by atoms with Crippen LogP contribution in [0.4, 0.5) is 5.69 Å². The number of aliphatic hydroxyl groups is 1. The fourth-order valence-corrected chi connectivity index (χ4v) is 2.98. The van der Waals surface area contributed by atoms with E-state index < -0.39 is 0 Å². The highest BCUT2D eigenvalue weighted by molar-refractivity contribution is 5.44. The van der Waals surface area contributed by atoms with Crippen LogP contribution in [0.15, 0.2) is 24.5 Å². The van der Waals surface area contributed by atoms with Crippen LogP contribution < -0.4 is 10.2 Å². The van der Waals surface area contributed by atoms with Gasteiger partial charge < -0.3 is 15.3 Å². The quantitative estimate of drug-likeness (QED) is 0.875. The first-order valence-electron chi connectivity index (χ1n) is 8.00. The summed E-state index contributed by atoms with van der Waals surface area (Å²) in [7, 11) is 0. The van der Waals surface area contributed by atoms with Crippen LogP contribution in [0.1, 0.15) is 40.0 Å². The fraction of sp³-hybridized carbons (Fsp3) is 0.706. The predicted molar refractivity (Wildman–Crippen MR) is 87.6 cm³/mol. The van der Waals surface area contributed by atoms with E-state index in [0.717, 1.165) is 32.4 Å².